The average molecular weight is 216 g/mol. The minimum absolute atomic E-state index is 0. The van der Waals surface area contributed by atoms with E-state index in [1.807, 2.05) is 0 Å². The molecule has 0 aromatic carbocycles. The average Bonchev–Trinajstić information content (AvgIpc) is 2.12. The van der Waals surface area contributed by atoms with Gasteiger partial charge in [-0.25, -0.2) is 0 Å². The third kappa shape index (κ3) is 4.47. The number of aliphatic carboxylic acids is 1. The molecule has 0 heterocycles. The molecule has 7 nitrogen and oxygen atoms in total. The van der Waals surface area contributed by atoms with Crippen LogP contribution in [0.1, 0.15) is 0 Å². The molecular weight excluding hydrogens is 207 g/mol. The van der Waals surface area contributed by atoms with Gasteiger partial charge in [0.25, 0.3) is 0 Å². The quantitative estimate of drug-likeness (QED) is 0.264. The Morgan fingerprint density at radius 1 is 1.14 bits per heavy atom. The molecule has 0 amide bonds. The molecule has 0 aromatic heterocycles. The second-order valence-electron chi connectivity index (χ2n) is 2.37. The zero-order valence-corrected chi connectivity index (χ0v) is 9.40. The molecular formula is C6H9NaO7. The zero-order valence-electron chi connectivity index (χ0n) is 7.40. The van der Waals surface area contributed by atoms with Crippen molar-refractivity contribution in [1.29, 1.82) is 0 Å². The number of aldehydes is 1. The monoisotopic (exact) mass is 216 g/mol. The molecule has 4 atom stereocenters. The van der Waals surface area contributed by atoms with E-state index in [2.05, 4.69) is 0 Å². The minimum Gasteiger partial charge on any atom is -0.547 e. The molecule has 0 radical (unpaired) electrons. The maximum absolute atomic E-state index is 9.95. The van der Waals surface area contributed by atoms with Gasteiger partial charge >= 0.3 is 29.6 Å². The van der Waals surface area contributed by atoms with Crippen molar-refractivity contribution in [2.45, 2.75) is 24.4 Å². The van der Waals surface area contributed by atoms with Crippen molar-refractivity contribution in [3.8, 4) is 0 Å². The van der Waals surface area contributed by atoms with E-state index in [0.29, 0.717) is 0 Å². The molecule has 0 aliphatic heterocycles. The number of carbonyl (C=O) groups is 2. The van der Waals surface area contributed by atoms with Gasteiger partial charge in [0, 0.05) is 0 Å². The zero-order chi connectivity index (χ0) is 10.6. The predicted molar refractivity (Wildman–Crippen MR) is 35.1 cm³/mol. The number of hydrogen-bond donors (Lipinski definition) is 4. The Kier molecular flexibility index (Phi) is 8.55. The molecule has 0 aromatic rings. The first kappa shape index (κ1) is 16.4. The molecule has 0 bridgehead atoms. The van der Waals surface area contributed by atoms with Gasteiger partial charge in [-0.1, -0.05) is 0 Å². The molecule has 0 saturated heterocycles. The largest absolute Gasteiger partial charge is 1.00 e. The fourth-order valence-corrected chi connectivity index (χ4v) is 0.609. The Morgan fingerprint density at radius 3 is 1.86 bits per heavy atom. The van der Waals surface area contributed by atoms with E-state index >= 15 is 0 Å². The topological polar surface area (TPSA) is 138 Å². The minimum atomic E-state index is -2.36. The van der Waals surface area contributed by atoms with E-state index in [1.54, 1.807) is 0 Å². The van der Waals surface area contributed by atoms with Gasteiger partial charge in [-0.2, -0.15) is 0 Å². The van der Waals surface area contributed by atoms with Crippen LogP contribution >= 0.6 is 0 Å². The number of aliphatic hydroxyl groups excluding tert-OH is 4. The first-order valence-electron chi connectivity index (χ1n) is 3.30. The third-order valence-electron chi connectivity index (χ3n) is 1.40. The van der Waals surface area contributed by atoms with Crippen LogP contribution in [0.3, 0.4) is 0 Å². The van der Waals surface area contributed by atoms with Gasteiger partial charge in [0.05, 0.1) is 5.97 Å². The summed E-state index contributed by atoms with van der Waals surface area (Å²) in [5.74, 6) is -2.01. The Morgan fingerprint density at radius 2 is 1.57 bits per heavy atom. The van der Waals surface area contributed by atoms with Crippen molar-refractivity contribution in [3.63, 3.8) is 0 Å². The second-order valence-corrected chi connectivity index (χ2v) is 2.37. The number of carboxylic acids is 1. The Hall–Kier alpha value is -0.0200. The van der Waals surface area contributed by atoms with Crippen LogP contribution in [0.4, 0.5) is 0 Å². The summed E-state index contributed by atoms with van der Waals surface area (Å²) in [7, 11) is 0. The van der Waals surface area contributed by atoms with Crippen LogP contribution in [0.2, 0.25) is 0 Å². The Balaban J connectivity index is 0. The SMILES string of the molecule is O=CC(O)C(O)C(O)C(O)C(=O)[O-].[Na+]. The number of hydrogen-bond acceptors (Lipinski definition) is 7. The summed E-state index contributed by atoms with van der Waals surface area (Å²) >= 11 is 0. The number of aliphatic hydroxyl groups is 4. The van der Waals surface area contributed by atoms with Crippen LogP contribution in [-0.4, -0.2) is 57.1 Å². The number of carboxylic acid groups (broad SMARTS) is 1. The van der Waals surface area contributed by atoms with E-state index in [9.17, 15) is 14.7 Å². The van der Waals surface area contributed by atoms with Crippen molar-refractivity contribution < 1.29 is 64.7 Å². The fraction of sp³-hybridized carbons (Fsp3) is 0.667. The molecule has 0 aliphatic carbocycles. The van der Waals surface area contributed by atoms with Gasteiger partial charge in [0.15, 0.2) is 6.29 Å². The third-order valence-corrected chi connectivity index (χ3v) is 1.40. The number of carbonyl (C=O) groups excluding carboxylic acids is 2. The molecule has 0 aliphatic rings. The Labute approximate surface area is 101 Å². The fourth-order valence-electron chi connectivity index (χ4n) is 0.609. The second kappa shape index (κ2) is 7.30. The van der Waals surface area contributed by atoms with Crippen LogP contribution in [0.15, 0.2) is 0 Å². The van der Waals surface area contributed by atoms with E-state index in [4.69, 9.17) is 20.4 Å². The molecule has 14 heavy (non-hydrogen) atoms. The first-order valence-corrected chi connectivity index (χ1v) is 3.30. The number of rotatable bonds is 5. The summed E-state index contributed by atoms with van der Waals surface area (Å²) in [5.41, 5.74) is 0. The van der Waals surface area contributed by atoms with Gasteiger partial charge in [0.2, 0.25) is 0 Å². The van der Waals surface area contributed by atoms with Crippen molar-refractivity contribution >= 4 is 12.3 Å². The van der Waals surface area contributed by atoms with Crippen LogP contribution < -0.4 is 34.7 Å². The summed E-state index contributed by atoms with van der Waals surface area (Å²) in [4.78, 5) is 19.8. The first-order chi connectivity index (χ1) is 5.91. The van der Waals surface area contributed by atoms with Crippen LogP contribution in [0.5, 0.6) is 0 Å². The van der Waals surface area contributed by atoms with Crippen molar-refractivity contribution in [3.05, 3.63) is 0 Å². The van der Waals surface area contributed by atoms with Gasteiger partial charge in [-0.3, -0.25) is 0 Å². The van der Waals surface area contributed by atoms with Crippen LogP contribution in [0.25, 0.3) is 0 Å². The molecule has 8 heteroatoms. The van der Waals surface area contributed by atoms with Crippen LogP contribution in [0, 0.1) is 0 Å². The van der Waals surface area contributed by atoms with Crippen molar-refractivity contribution in [1.82, 2.24) is 0 Å². The molecule has 0 fully saturated rings. The van der Waals surface area contributed by atoms with E-state index in [1.165, 1.54) is 0 Å². The van der Waals surface area contributed by atoms with E-state index in [0.717, 1.165) is 0 Å². The van der Waals surface area contributed by atoms with Gasteiger partial charge in [-0.15, -0.1) is 0 Å². The summed E-state index contributed by atoms with van der Waals surface area (Å²) in [6, 6.07) is 0. The van der Waals surface area contributed by atoms with E-state index < -0.39 is 30.4 Å². The summed E-state index contributed by atoms with van der Waals surface area (Å²) in [6.45, 7) is 0. The molecule has 4 unspecified atom stereocenters. The molecule has 0 spiro atoms. The molecule has 4 N–H and O–H groups in total. The normalized spacial score (nSPS) is 18.6. The molecule has 76 valence electrons. The maximum Gasteiger partial charge on any atom is 1.00 e. The molecule has 0 saturated carbocycles. The van der Waals surface area contributed by atoms with E-state index in [-0.39, 0.29) is 35.8 Å². The van der Waals surface area contributed by atoms with Gasteiger partial charge < -0.3 is 35.1 Å². The summed E-state index contributed by atoms with van der Waals surface area (Å²) < 4.78 is 0. The molecule has 0 rings (SSSR count). The summed E-state index contributed by atoms with van der Waals surface area (Å²) in [5, 5.41) is 44.8. The van der Waals surface area contributed by atoms with Crippen molar-refractivity contribution in [2.24, 2.45) is 0 Å². The van der Waals surface area contributed by atoms with Crippen LogP contribution in [-0.2, 0) is 9.59 Å². The van der Waals surface area contributed by atoms with Crippen molar-refractivity contribution in [2.75, 3.05) is 0 Å². The smallest absolute Gasteiger partial charge is 0.547 e. The van der Waals surface area contributed by atoms with Gasteiger partial charge in [-0.05, 0) is 0 Å². The predicted octanol–water partition coefficient (Wildman–Crippen LogP) is -7.62. The standard InChI is InChI=1S/C6H10O7.Na/c7-1-2(8)3(9)4(10)5(11)6(12)13;/h1-5,8-11H,(H,12,13);/q;+1/p-1. The summed E-state index contributed by atoms with van der Waals surface area (Å²) in [6.07, 6.45) is -8.65. The van der Waals surface area contributed by atoms with Gasteiger partial charge in [0.1, 0.15) is 24.4 Å². The maximum atomic E-state index is 9.95. The Bertz CT molecular complexity index is 197.